The first-order valence-electron chi connectivity index (χ1n) is 4.87. The Morgan fingerprint density at radius 1 is 1.47 bits per heavy atom. The van der Waals surface area contributed by atoms with Crippen molar-refractivity contribution in [3.8, 4) is 10.7 Å². The zero-order valence-corrected chi connectivity index (χ0v) is 10.4. The minimum atomic E-state index is 0.624. The van der Waals surface area contributed by atoms with Crippen molar-refractivity contribution in [2.75, 3.05) is 11.9 Å². The van der Waals surface area contributed by atoms with Gasteiger partial charge in [0.15, 0.2) is 5.82 Å². The van der Waals surface area contributed by atoms with Crippen molar-refractivity contribution in [2.24, 2.45) is 5.92 Å². The topological polar surface area (TPSA) is 37.8 Å². The van der Waals surface area contributed by atoms with Crippen molar-refractivity contribution in [2.45, 2.75) is 13.8 Å². The van der Waals surface area contributed by atoms with Gasteiger partial charge in [-0.25, -0.2) is 0 Å². The molecule has 2 heterocycles. The van der Waals surface area contributed by atoms with Crippen LogP contribution in [0.4, 0.5) is 5.13 Å². The summed E-state index contributed by atoms with van der Waals surface area (Å²) in [5, 5.41) is 6.22. The van der Waals surface area contributed by atoms with Crippen molar-refractivity contribution < 1.29 is 0 Å². The third-order valence-electron chi connectivity index (χ3n) is 1.83. The van der Waals surface area contributed by atoms with Crippen LogP contribution in [0.5, 0.6) is 0 Å². The van der Waals surface area contributed by atoms with E-state index in [2.05, 4.69) is 28.5 Å². The van der Waals surface area contributed by atoms with E-state index in [9.17, 15) is 0 Å². The minimum Gasteiger partial charge on any atom is -0.360 e. The Morgan fingerprint density at radius 2 is 2.33 bits per heavy atom. The van der Waals surface area contributed by atoms with Crippen LogP contribution in [0.2, 0.25) is 0 Å². The minimum absolute atomic E-state index is 0.624. The maximum atomic E-state index is 4.43. The molecule has 0 bridgehead atoms. The number of rotatable bonds is 4. The molecule has 2 aromatic heterocycles. The molecule has 0 radical (unpaired) electrons. The Balaban J connectivity index is 2.04. The highest BCUT2D eigenvalue weighted by Gasteiger charge is 2.06. The second kappa shape index (κ2) is 4.72. The molecule has 2 aromatic rings. The van der Waals surface area contributed by atoms with Gasteiger partial charge in [0.05, 0.1) is 4.88 Å². The largest absolute Gasteiger partial charge is 0.360 e. The standard InChI is InChI=1S/C10H13N3S2/c1-7(2)6-11-10-12-9(13-15-10)8-4-3-5-14-8/h3-5,7H,6H2,1-2H3,(H,11,12,13). The average molecular weight is 239 g/mol. The lowest BCUT2D eigenvalue weighted by Crippen LogP contribution is -2.07. The SMILES string of the molecule is CC(C)CNc1nc(-c2cccs2)ns1. The predicted octanol–water partition coefficient (Wildman–Crippen LogP) is 3.33. The summed E-state index contributed by atoms with van der Waals surface area (Å²) in [7, 11) is 0. The van der Waals surface area contributed by atoms with E-state index in [1.54, 1.807) is 11.3 Å². The van der Waals surface area contributed by atoms with E-state index in [4.69, 9.17) is 0 Å². The van der Waals surface area contributed by atoms with Gasteiger partial charge >= 0.3 is 0 Å². The molecule has 5 heteroatoms. The first-order valence-corrected chi connectivity index (χ1v) is 6.52. The second-order valence-electron chi connectivity index (χ2n) is 3.68. The fraction of sp³-hybridized carbons (Fsp3) is 0.400. The number of nitrogens with zero attached hydrogens (tertiary/aromatic N) is 2. The maximum absolute atomic E-state index is 4.43. The molecular weight excluding hydrogens is 226 g/mol. The van der Waals surface area contributed by atoms with Crippen LogP contribution in [0.25, 0.3) is 10.7 Å². The smallest absolute Gasteiger partial charge is 0.202 e. The van der Waals surface area contributed by atoms with E-state index >= 15 is 0 Å². The Bertz CT molecular complexity index is 406. The number of aromatic nitrogens is 2. The van der Waals surface area contributed by atoms with Crippen LogP contribution in [-0.4, -0.2) is 15.9 Å². The van der Waals surface area contributed by atoms with Gasteiger partial charge in [-0.2, -0.15) is 9.36 Å². The maximum Gasteiger partial charge on any atom is 0.202 e. The number of anilines is 1. The van der Waals surface area contributed by atoms with Gasteiger partial charge in [-0.15, -0.1) is 11.3 Å². The third-order valence-corrected chi connectivity index (χ3v) is 3.37. The number of hydrogen-bond donors (Lipinski definition) is 1. The van der Waals surface area contributed by atoms with Crippen LogP contribution >= 0.6 is 22.9 Å². The van der Waals surface area contributed by atoms with Gasteiger partial charge in [0, 0.05) is 18.1 Å². The zero-order valence-electron chi connectivity index (χ0n) is 8.73. The Hall–Kier alpha value is -0.940. The first kappa shape index (κ1) is 10.6. The van der Waals surface area contributed by atoms with Gasteiger partial charge in [-0.05, 0) is 17.4 Å². The van der Waals surface area contributed by atoms with Crippen molar-refractivity contribution in [3.05, 3.63) is 17.5 Å². The third kappa shape index (κ3) is 2.76. The Labute approximate surface area is 97.4 Å². The van der Waals surface area contributed by atoms with E-state index < -0.39 is 0 Å². The van der Waals surface area contributed by atoms with E-state index in [-0.39, 0.29) is 0 Å². The van der Waals surface area contributed by atoms with Crippen LogP contribution < -0.4 is 5.32 Å². The van der Waals surface area contributed by atoms with Crippen LogP contribution in [-0.2, 0) is 0 Å². The van der Waals surface area contributed by atoms with Crippen molar-refractivity contribution in [1.82, 2.24) is 9.36 Å². The summed E-state index contributed by atoms with van der Waals surface area (Å²) < 4.78 is 4.32. The van der Waals surface area contributed by atoms with Crippen LogP contribution in [0.1, 0.15) is 13.8 Å². The van der Waals surface area contributed by atoms with Crippen LogP contribution in [0.15, 0.2) is 17.5 Å². The molecule has 15 heavy (non-hydrogen) atoms. The fourth-order valence-corrected chi connectivity index (χ4v) is 2.40. The lowest BCUT2D eigenvalue weighted by molar-refractivity contribution is 0.688. The van der Waals surface area contributed by atoms with Gasteiger partial charge < -0.3 is 5.32 Å². The summed E-state index contributed by atoms with van der Waals surface area (Å²) in [6, 6.07) is 4.06. The zero-order chi connectivity index (χ0) is 10.7. The predicted molar refractivity (Wildman–Crippen MR) is 66.5 cm³/mol. The molecule has 0 saturated carbocycles. The summed E-state index contributed by atoms with van der Waals surface area (Å²) in [5.41, 5.74) is 0. The fourth-order valence-electron chi connectivity index (χ4n) is 1.09. The number of hydrogen-bond acceptors (Lipinski definition) is 5. The molecule has 0 spiro atoms. The van der Waals surface area contributed by atoms with Crippen molar-refractivity contribution >= 4 is 28.0 Å². The molecule has 80 valence electrons. The highest BCUT2D eigenvalue weighted by molar-refractivity contribution is 7.14. The number of nitrogens with one attached hydrogen (secondary N) is 1. The van der Waals surface area contributed by atoms with Gasteiger partial charge in [0.1, 0.15) is 0 Å². The van der Waals surface area contributed by atoms with Crippen LogP contribution in [0.3, 0.4) is 0 Å². The quantitative estimate of drug-likeness (QED) is 0.889. The van der Waals surface area contributed by atoms with Gasteiger partial charge in [0.25, 0.3) is 0 Å². The van der Waals surface area contributed by atoms with Gasteiger partial charge in [-0.1, -0.05) is 19.9 Å². The van der Waals surface area contributed by atoms with Gasteiger partial charge in [-0.3, -0.25) is 0 Å². The Morgan fingerprint density at radius 3 is 3.00 bits per heavy atom. The van der Waals surface area contributed by atoms with Gasteiger partial charge in [0.2, 0.25) is 5.13 Å². The molecular formula is C10H13N3S2. The van der Waals surface area contributed by atoms with E-state index in [1.807, 2.05) is 17.5 Å². The number of thiophene rings is 1. The monoisotopic (exact) mass is 239 g/mol. The molecule has 0 unspecified atom stereocenters. The highest BCUT2D eigenvalue weighted by Crippen LogP contribution is 2.24. The molecule has 2 rings (SSSR count). The van der Waals surface area contributed by atoms with Crippen molar-refractivity contribution in [1.29, 1.82) is 0 Å². The molecule has 0 fully saturated rings. The molecule has 0 aliphatic heterocycles. The summed E-state index contributed by atoms with van der Waals surface area (Å²) in [4.78, 5) is 5.56. The van der Waals surface area contributed by atoms with E-state index in [0.717, 1.165) is 22.4 Å². The second-order valence-corrected chi connectivity index (χ2v) is 5.37. The van der Waals surface area contributed by atoms with E-state index in [1.165, 1.54) is 11.5 Å². The first-order chi connectivity index (χ1) is 7.25. The average Bonchev–Trinajstić information content (AvgIpc) is 2.85. The summed E-state index contributed by atoms with van der Waals surface area (Å²) in [5.74, 6) is 1.46. The normalized spacial score (nSPS) is 10.9. The lowest BCUT2D eigenvalue weighted by Gasteiger charge is -2.03. The molecule has 0 atom stereocenters. The Kier molecular flexibility index (Phi) is 3.33. The molecule has 3 nitrogen and oxygen atoms in total. The highest BCUT2D eigenvalue weighted by atomic mass is 32.1. The lowest BCUT2D eigenvalue weighted by atomic mass is 10.2. The van der Waals surface area contributed by atoms with Crippen molar-refractivity contribution in [3.63, 3.8) is 0 Å². The molecule has 0 amide bonds. The summed E-state index contributed by atoms with van der Waals surface area (Å²) in [6.07, 6.45) is 0. The molecule has 0 saturated heterocycles. The molecule has 0 aliphatic carbocycles. The molecule has 0 aliphatic rings. The van der Waals surface area contributed by atoms with E-state index in [0.29, 0.717) is 5.92 Å². The summed E-state index contributed by atoms with van der Waals surface area (Å²) in [6.45, 7) is 5.29. The summed E-state index contributed by atoms with van der Waals surface area (Å²) >= 11 is 3.09. The molecule has 0 aromatic carbocycles. The van der Waals surface area contributed by atoms with Crippen LogP contribution in [0, 0.1) is 5.92 Å². The molecule has 1 N–H and O–H groups in total.